The Hall–Kier alpha value is -4.40. The molecule has 1 aliphatic rings. The second-order valence-corrected chi connectivity index (χ2v) is 9.58. The molecule has 0 spiro atoms. The number of ether oxygens (including phenoxy) is 2. The first-order valence-corrected chi connectivity index (χ1v) is 13.1. The number of hydrogen-bond donors (Lipinski definition) is 1. The number of nitrogens with one attached hydrogen (secondary N) is 1. The highest BCUT2D eigenvalue weighted by Gasteiger charge is 2.32. The van der Waals surface area contributed by atoms with Gasteiger partial charge in [-0.1, -0.05) is 73.5 Å². The van der Waals surface area contributed by atoms with Gasteiger partial charge in [-0.05, 0) is 30.0 Å². The van der Waals surface area contributed by atoms with E-state index in [1.165, 1.54) is 25.3 Å². The Morgan fingerprint density at radius 2 is 1.64 bits per heavy atom. The number of nitrogens with zero attached hydrogens (tertiary/aromatic N) is 2. The van der Waals surface area contributed by atoms with E-state index >= 15 is 0 Å². The SMILES string of the molecule is COc1cc(OCC(=O)N(Cc2ccccc2)[C@H](Cc2ccccc2)C(=O)NC2CCCC2)ccc1[N+](=O)[O-]. The maximum atomic E-state index is 13.7. The van der Waals surface area contributed by atoms with Crippen LogP contribution in [0.15, 0.2) is 78.9 Å². The lowest BCUT2D eigenvalue weighted by molar-refractivity contribution is -0.385. The van der Waals surface area contributed by atoms with E-state index in [0.717, 1.165) is 36.8 Å². The number of benzene rings is 3. The number of nitro benzene ring substituents is 1. The van der Waals surface area contributed by atoms with Gasteiger partial charge in [0.25, 0.3) is 5.91 Å². The summed E-state index contributed by atoms with van der Waals surface area (Å²) >= 11 is 0. The van der Waals surface area contributed by atoms with Crippen LogP contribution >= 0.6 is 0 Å². The van der Waals surface area contributed by atoms with Crippen molar-refractivity contribution in [3.05, 3.63) is 100 Å². The van der Waals surface area contributed by atoms with Gasteiger partial charge >= 0.3 is 5.69 Å². The number of amides is 2. The van der Waals surface area contributed by atoms with Gasteiger partial charge < -0.3 is 19.7 Å². The normalized spacial score (nSPS) is 13.9. The number of nitro groups is 1. The topological polar surface area (TPSA) is 111 Å². The fraction of sp³-hybridized carbons (Fsp3) is 0.333. The highest BCUT2D eigenvalue weighted by atomic mass is 16.6. The quantitative estimate of drug-likeness (QED) is 0.268. The second-order valence-electron chi connectivity index (χ2n) is 9.58. The molecule has 9 nitrogen and oxygen atoms in total. The van der Waals surface area contributed by atoms with Crippen LogP contribution in [-0.4, -0.2) is 47.4 Å². The predicted molar refractivity (Wildman–Crippen MR) is 146 cm³/mol. The summed E-state index contributed by atoms with van der Waals surface area (Å²) in [5.74, 6) is -0.282. The van der Waals surface area contributed by atoms with E-state index in [-0.39, 0.29) is 48.2 Å². The summed E-state index contributed by atoms with van der Waals surface area (Å²) < 4.78 is 10.9. The predicted octanol–water partition coefficient (Wildman–Crippen LogP) is 4.68. The van der Waals surface area contributed by atoms with Crippen LogP contribution in [0.3, 0.4) is 0 Å². The molecular formula is C30H33N3O6. The fourth-order valence-corrected chi connectivity index (χ4v) is 4.83. The van der Waals surface area contributed by atoms with E-state index in [1.54, 1.807) is 4.90 Å². The summed E-state index contributed by atoms with van der Waals surface area (Å²) in [4.78, 5) is 39.6. The zero-order chi connectivity index (χ0) is 27.6. The van der Waals surface area contributed by atoms with Gasteiger partial charge in [0.2, 0.25) is 11.7 Å². The lowest BCUT2D eigenvalue weighted by Crippen LogP contribution is -2.53. The van der Waals surface area contributed by atoms with Gasteiger partial charge in [0.05, 0.1) is 12.0 Å². The average molecular weight is 532 g/mol. The molecule has 1 N–H and O–H groups in total. The Balaban J connectivity index is 1.59. The standard InChI is InChI=1S/C30H33N3O6/c1-38-28-19-25(16-17-26(28)33(36)37)39-21-29(34)32(20-23-12-6-3-7-13-23)27(18-22-10-4-2-5-11-22)30(35)31-24-14-8-9-15-24/h2-7,10-13,16-17,19,24,27H,8-9,14-15,18,20-21H2,1H3,(H,31,35)/t27-/m1/s1. The van der Waals surface area contributed by atoms with E-state index < -0.39 is 11.0 Å². The van der Waals surface area contributed by atoms with Gasteiger partial charge in [0.15, 0.2) is 6.61 Å². The molecule has 1 atom stereocenters. The molecule has 4 rings (SSSR count). The summed E-state index contributed by atoms with van der Waals surface area (Å²) in [6.45, 7) is -0.127. The van der Waals surface area contributed by atoms with Gasteiger partial charge in [-0.15, -0.1) is 0 Å². The minimum Gasteiger partial charge on any atom is -0.490 e. The summed E-state index contributed by atoms with van der Waals surface area (Å²) in [6.07, 6.45) is 4.37. The molecule has 1 aliphatic carbocycles. The van der Waals surface area contributed by atoms with Crippen molar-refractivity contribution in [2.45, 2.75) is 50.7 Å². The molecule has 0 aliphatic heterocycles. The van der Waals surface area contributed by atoms with Crippen molar-refractivity contribution in [2.75, 3.05) is 13.7 Å². The molecule has 0 radical (unpaired) electrons. The molecule has 39 heavy (non-hydrogen) atoms. The molecule has 1 fully saturated rings. The lowest BCUT2D eigenvalue weighted by Gasteiger charge is -2.32. The molecule has 204 valence electrons. The van der Waals surface area contributed by atoms with Crippen LogP contribution in [0.4, 0.5) is 5.69 Å². The van der Waals surface area contributed by atoms with Crippen molar-refractivity contribution >= 4 is 17.5 Å². The Morgan fingerprint density at radius 3 is 2.26 bits per heavy atom. The Bertz CT molecular complexity index is 1260. The highest BCUT2D eigenvalue weighted by molar-refractivity contribution is 5.88. The minimum absolute atomic E-state index is 0.0315. The number of carbonyl (C=O) groups excluding carboxylic acids is 2. The first-order chi connectivity index (χ1) is 18.9. The highest BCUT2D eigenvalue weighted by Crippen LogP contribution is 2.31. The van der Waals surface area contributed by atoms with Crippen LogP contribution in [0.1, 0.15) is 36.8 Å². The van der Waals surface area contributed by atoms with Crippen LogP contribution in [0.25, 0.3) is 0 Å². The fourth-order valence-electron chi connectivity index (χ4n) is 4.83. The maximum Gasteiger partial charge on any atom is 0.311 e. The molecule has 9 heteroatoms. The largest absolute Gasteiger partial charge is 0.490 e. The van der Waals surface area contributed by atoms with Crippen molar-refractivity contribution < 1.29 is 24.0 Å². The molecule has 1 saturated carbocycles. The Morgan fingerprint density at radius 1 is 1.00 bits per heavy atom. The third-order valence-electron chi connectivity index (χ3n) is 6.88. The zero-order valence-electron chi connectivity index (χ0n) is 22.0. The smallest absolute Gasteiger partial charge is 0.311 e. The van der Waals surface area contributed by atoms with Crippen molar-refractivity contribution in [1.82, 2.24) is 10.2 Å². The summed E-state index contributed by atoms with van der Waals surface area (Å²) in [5.41, 5.74) is 1.62. The summed E-state index contributed by atoms with van der Waals surface area (Å²) in [7, 11) is 1.33. The van der Waals surface area contributed by atoms with E-state index in [9.17, 15) is 19.7 Å². The Kier molecular flexibility index (Phi) is 9.50. The monoisotopic (exact) mass is 531 g/mol. The van der Waals surface area contributed by atoms with E-state index in [4.69, 9.17) is 9.47 Å². The number of hydrogen-bond acceptors (Lipinski definition) is 6. The van der Waals surface area contributed by atoms with Gasteiger partial charge in [-0.3, -0.25) is 19.7 Å². The lowest BCUT2D eigenvalue weighted by atomic mass is 10.0. The number of rotatable bonds is 12. The van der Waals surface area contributed by atoms with Gasteiger partial charge in [-0.25, -0.2) is 0 Å². The van der Waals surface area contributed by atoms with Crippen molar-refractivity contribution in [3.8, 4) is 11.5 Å². The van der Waals surface area contributed by atoms with E-state index in [0.29, 0.717) is 6.42 Å². The second kappa shape index (κ2) is 13.4. The van der Waals surface area contributed by atoms with Crippen LogP contribution in [-0.2, 0) is 22.6 Å². The first kappa shape index (κ1) is 27.6. The minimum atomic E-state index is -0.754. The summed E-state index contributed by atoms with van der Waals surface area (Å²) in [5, 5.41) is 14.4. The molecule has 0 bridgehead atoms. The van der Waals surface area contributed by atoms with Gasteiger partial charge in [0, 0.05) is 31.1 Å². The van der Waals surface area contributed by atoms with Crippen LogP contribution in [0.5, 0.6) is 11.5 Å². The maximum absolute atomic E-state index is 13.7. The Labute approximate surface area is 227 Å². The van der Waals surface area contributed by atoms with Crippen molar-refractivity contribution in [1.29, 1.82) is 0 Å². The third kappa shape index (κ3) is 7.56. The molecule has 3 aromatic rings. The summed E-state index contributed by atoms with van der Waals surface area (Å²) in [6, 6.07) is 22.6. The van der Waals surface area contributed by atoms with Crippen molar-refractivity contribution in [3.63, 3.8) is 0 Å². The number of carbonyl (C=O) groups is 2. The molecule has 0 heterocycles. The average Bonchev–Trinajstić information content (AvgIpc) is 3.47. The van der Waals surface area contributed by atoms with E-state index in [1.807, 2.05) is 60.7 Å². The van der Waals surface area contributed by atoms with Crippen LogP contribution < -0.4 is 14.8 Å². The number of methoxy groups -OCH3 is 1. The van der Waals surface area contributed by atoms with Crippen molar-refractivity contribution in [2.24, 2.45) is 0 Å². The molecule has 0 unspecified atom stereocenters. The van der Waals surface area contributed by atoms with E-state index in [2.05, 4.69) is 5.32 Å². The molecule has 3 aromatic carbocycles. The molecular weight excluding hydrogens is 498 g/mol. The first-order valence-electron chi connectivity index (χ1n) is 13.1. The molecule has 0 aromatic heterocycles. The third-order valence-corrected chi connectivity index (χ3v) is 6.88. The zero-order valence-corrected chi connectivity index (χ0v) is 22.0. The molecule has 0 saturated heterocycles. The van der Waals surface area contributed by atoms with Gasteiger partial charge in [-0.2, -0.15) is 0 Å². The molecule has 2 amide bonds. The van der Waals surface area contributed by atoms with Crippen LogP contribution in [0, 0.1) is 10.1 Å². The van der Waals surface area contributed by atoms with Gasteiger partial charge in [0.1, 0.15) is 11.8 Å². The van der Waals surface area contributed by atoms with Crippen LogP contribution in [0.2, 0.25) is 0 Å².